The first kappa shape index (κ1) is 12.8. The number of benzene rings is 1. The molecule has 0 aliphatic rings. The van der Waals surface area contributed by atoms with Crippen LogP contribution in [0.25, 0.3) is 11.0 Å². The minimum Gasteiger partial charge on any atom is -0.357 e. The molecular formula is C13H15N6P. The highest BCUT2D eigenvalue weighted by Gasteiger charge is 2.11. The van der Waals surface area contributed by atoms with Crippen LogP contribution in [0.2, 0.25) is 0 Å². The van der Waals surface area contributed by atoms with Gasteiger partial charge in [-0.15, -0.1) is 9.24 Å². The molecular weight excluding hydrogens is 271 g/mol. The summed E-state index contributed by atoms with van der Waals surface area (Å²) in [5, 5.41) is 12.5. The van der Waals surface area contributed by atoms with Crippen molar-refractivity contribution < 1.29 is 0 Å². The molecule has 2 heterocycles. The highest BCUT2D eigenvalue weighted by Crippen LogP contribution is 2.24. The van der Waals surface area contributed by atoms with Crippen LogP contribution in [-0.4, -0.2) is 26.8 Å². The minimum absolute atomic E-state index is 0.561. The fourth-order valence-corrected chi connectivity index (χ4v) is 2.27. The van der Waals surface area contributed by atoms with Crippen LogP contribution in [0.1, 0.15) is 0 Å². The monoisotopic (exact) mass is 286 g/mol. The van der Waals surface area contributed by atoms with E-state index in [2.05, 4.69) is 34.9 Å². The molecule has 0 spiro atoms. The van der Waals surface area contributed by atoms with Crippen molar-refractivity contribution in [3.05, 3.63) is 30.5 Å². The highest BCUT2D eigenvalue weighted by atomic mass is 31.0. The van der Waals surface area contributed by atoms with Crippen molar-refractivity contribution in [1.82, 2.24) is 19.7 Å². The Kier molecular flexibility index (Phi) is 3.24. The summed E-state index contributed by atoms with van der Waals surface area (Å²) in [6, 6.07) is 8.05. The van der Waals surface area contributed by atoms with Crippen LogP contribution in [-0.2, 0) is 7.05 Å². The maximum atomic E-state index is 4.46. The summed E-state index contributed by atoms with van der Waals surface area (Å²) in [6.45, 7) is 0. The van der Waals surface area contributed by atoms with Crippen LogP contribution in [0.15, 0.2) is 30.5 Å². The summed E-state index contributed by atoms with van der Waals surface area (Å²) in [6.07, 6.45) is 1.77. The Labute approximate surface area is 118 Å². The summed E-state index contributed by atoms with van der Waals surface area (Å²) in [7, 11) is 6.34. The normalized spacial score (nSPS) is 10.8. The molecule has 0 fully saturated rings. The van der Waals surface area contributed by atoms with Gasteiger partial charge < -0.3 is 10.6 Å². The van der Waals surface area contributed by atoms with Gasteiger partial charge in [0.15, 0.2) is 5.65 Å². The maximum absolute atomic E-state index is 4.46. The third kappa shape index (κ3) is 2.30. The zero-order valence-electron chi connectivity index (χ0n) is 11.3. The zero-order chi connectivity index (χ0) is 14.1. The lowest BCUT2D eigenvalue weighted by molar-refractivity contribution is 0.786. The van der Waals surface area contributed by atoms with E-state index in [1.807, 2.05) is 31.3 Å². The average Bonchev–Trinajstić information content (AvgIpc) is 2.81. The van der Waals surface area contributed by atoms with Gasteiger partial charge in [0, 0.05) is 19.8 Å². The number of nitrogens with zero attached hydrogens (tertiary/aromatic N) is 4. The molecule has 0 aliphatic heterocycles. The van der Waals surface area contributed by atoms with E-state index in [9.17, 15) is 0 Å². The fourth-order valence-electron chi connectivity index (χ4n) is 1.98. The van der Waals surface area contributed by atoms with Crippen LogP contribution in [0.5, 0.6) is 0 Å². The number of anilines is 3. The van der Waals surface area contributed by atoms with Gasteiger partial charge in [-0.3, -0.25) is 4.68 Å². The molecule has 0 aliphatic carbocycles. The summed E-state index contributed by atoms with van der Waals surface area (Å²) in [5.74, 6) is 1.30. The van der Waals surface area contributed by atoms with Crippen LogP contribution in [0.4, 0.5) is 17.5 Å². The molecule has 0 amide bonds. The molecule has 1 aromatic carbocycles. The predicted octanol–water partition coefficient (Wildman–Crippen LogP) is 1.65. The smallest absolute Gasteiger partial charge is 0.226 e. The molecule has 0 saturated heterocycles. The molecule has 0 bridgehead atoms. The van der Waals surface area contributed by atoms with Crippen molar-refractivity contribution in [2.24, 2.45) is 7.05 Å². The Hall–Kier alpha value is -2.20. The quantitative estimate of drug-likeness (QED) is 0.717. The second-order valence-electron chi connectivity index (χ2n) is 4.40. The van der Waals surface area contributed by atoms with Crippen molar-refractivity contribution in [3.63, 3.8) is 0 Å². The highest BCUT2D eigenvalue weighted by molar-refractivity contribution is 7.27. The zero-order valence-corrected chi connectivity index (χ0v) is 12.4. The Bertz CT molecular complexity index is 767. The van der Waals surface area contributed by atoms with E-state index in [1.54, 1.807) is 17.9 Å². The number of rotatable bonds is 3. The first-order valence-corrected chi connectivity index (χ1v) is 6.75. The van der Waals surface area contributed by atoms with Gasteiger partial charge in [-0.25, -0.2) is 0 Å². The summed E-state index contributed by atoms with van der Waals surface area (Å²) < 4.78 is 1.73. The van der Waals surface area contributed by atoms with Crippen LogP contribution in [0, 0.1) is 0 Å². The van der Waals surface area contributed by atoms with E-state index < -0.39 is 0 Å². The third-order valence-electron chi connectivity index (χ3n) is 2.97. The van der Waals surface area contributed by atoms with Crippen molar-refractivity contribution in [2.45, 2.75) is 0 Å². The SMILES string of the molecule is CNc1nc(Nc2cccc(P)c2)c2cnn(C)c2n1. The first-order valence-electron chi connectivity index (χ1n) is 6.17. The van der Waals surface area contributed by atoms with Gasteiger partial charge in [0.2, 0.25) is 5.95 Å². The predicted molar refractivity (Wildman–Crippen MR) is 84.9 cm³/mol. The van der Waals surface area contributed by atoms with E-state index in [4.69, 9.17) is 0 Å². The number of aromatic nitrogens is 4. The molecule has 3 rings (SSSR count). The van der Waals surface area contributed by atoms with Crippen molar-refractivity contribution in [1.29, 1.82) is 0 Å². The minimum atomic E-state index is 0.561. The summed E-state index contributed by atoms with van der Waals surface area (Å²) >= 11 is 0. The molecule has 20 heavy (non-hydrogen) atoms. The molecule has 7 heteroatoms. The average molecular weight is 286 g/mol. The van der Waals surface area contributed by atoms with E-state index in [0.717, 1.165) is 27.8 Å². The summed E-state index contributed by atoms with van der Waals surface area (Å²) in [5.41, 5.74) is 1.76. The number of nitrogens with one attached hydrogen (secondary N) is 2. The van der Waals surface area contributed by atoms with Crippen molar-refractivity contribution in [2.75, 3.05) is 17.7 Å². The molecule has 0 saturated carbocycles. The molecule has 102 valence electrons. The fraction of sp³-hybridized carbons (Fsp3) is 0.154. The largest absolute Gasteiger partial charge is 0.357 e. The molecule has 1 atom stereocenters. The number of fused-ring (bicyclic) bond motifs is 1. The van der Waals surface area contributed by atoms with Gasteiger partial charge in [-0.2, -0.15) is 15.1 Å². The second-order valence-corrected chi connectivity index (χ2v) is 5.07. The lowest BCUT2D eigenvalue weighted by Crippen LogP contribution is -2.03. The van der Waals surface area contributed by atoms with E-state index >= 15 is 0 Å². The molecule has 6 nitrogen and oxygen atoms in total. The van der Waals surface area contributed by atoms with Gasteiger partial charge in [-0.1, -0.05) is 12.1 Å². The number of hydrogen-bond donors (Lipinski definition) is 2. The topological polar surface area (TPSA) is 67.7 Å². The van der Waals surface area contributed by atoms with Crippen molar-refractivity contribution in [3.8, 4) is 0 Å². The van der Waals surface area contributed by atoms with E-state index in [-0.39, 0.29) is 0 Å². The van der Waals surface area contributed by atoms with Gasteiger partial charge in [0.25, 0.3) is 0 Å². The maximum Gasteiger partial charge on any atom is 0.226 e. The van der Waals surface area contributed by atoms with E-state index in [0.29, 0.717) is 5.95 Å². The molecule has 2 aromatic heterocycles. The molecule has 2 N–H and O–H groups in total. The molecule has 0 radical (unpaired) electrons. The summed E-state index contributed by atoms with van der Waals surface area (Å²) in [4.78, 5) is 8.87. The Morgan fingerprint density at radius 1 is 1.25 bits per heavy atom. The van der Waals surface area contributed by atoms with Crippen LogP contribution >= 0.6 is 9.24 Å². The Morgan fingerprint density at radius 2 is 2.10 bits per heavy atom. The Balaban J connectivity index is 2.10. The van der Waals surface area contributed by atoms with Gasteiger partial charge in [0.05, 0.1) is 11.6 Å². The Morgan fingerprint density at radius 3 is 2.85 bits per heavy atom. The second kappa shape index (κ2) is 5.06. The van der Waals surface area contributed by atoms with Crippen molar-refractivity contribution >= 4 is 43.0 Å². The molecule has 1 unspecified atom stereocenters. The number of hydrogen-bond acceptors (Lipinski definition) is 5. The molecule has 3 aromatic rings. The standard InChI is InChI=1S/C13H15N6P/c1-14-13-17-11(10-7-15-19(2)12(10)18-13)16-8-4-3-5-9(20)6-8/h3-7H,20H2,1-2H3,(H2,14,16,17,18). The van der Waals surface area contributed by atoms with Crippen LogP contribution < -0.4 is 15.9 Å². The van der Waals surface area contributed by atoms with Gasteiger partial charge in [0.1, 0.15) is 5.82 Å². The first-order chi connectivity index (χ1) is 9.67. The van der Waals surface area contributed by atoms with E-state index in [1.165, 1.54) is 0 Å². The van der Waals surface area contributed by atoms with Crippen LogP contribution in [0.3, 0.4) is 0 Å². The third-order valence-corrected chi connectivity index (χ3v) is 3.32. The number of aryl methyl sites for hydroxylation is 1. The van der Waals surface area contributed by atoms with Gasteiger partial charge >= 0.3 is 0 Å². The lowest BCUT2D eigenvalue weighted by atomic mass is 10.3. The van der Waals surface area contributed by atoms with Gasteiger partial charge in [-0.05, 0) is 17.4 Å². The lowest BCUT2D eigenvalue weighted by Gasteiger charge is -2.09.